The number of carbonyl (C=O) groups is 1. The van der Waals surface area contributed by atoms with Crippen LogP contribution in [-0.2, 0) is 4.79 Å². The van der Waals surface area contributed by atoms with E-state index < -0.39 is 0 Å². The fourth-order valence-corrected chi connectivity index (χ4v) is 3.02. The van der Waals surface area contributed by atoms with Crippen LogP contribution in [0, 0.1) is 12.8 Å². The number of pyridine rings is 1. The first kappa shape index (κ1) is 15.5. The van der Waals surface area contributed by atoms with Crippen molar-refractivity contribution in [3.63, 3.8) is 0 Å². The van der Waals surface area contributed by atoms with Crippen LogP contribution >= 0.6 is 0 Å². The molecular formula is C19H23N3O. The zero-order valence-electron chi connectivity index (χ0n) is 13.5. The summed E-state index contributed by atoms with van der Waals surface area (Å²) in [6.45, 7) is 2.06. The van der Waals surface area contributed by atoms with E-state index >= 15 is 0 Å². The Morgan fingerprint density at radius 3 is 2.61 bits per heavy atom. The Morgan fingerprint density at radius 1 is 1.09 bits per heavy atom. The van der Waals surface area contributed by atoms with Crippen LogP contribution in [0.1, 0.15) is 37.7 Å². The third-order valence-electron chi connectivity index (χ3n) is 4.30. The standard InChI is InChI=1S/C19H23N3O/c1-14-6-5-9-16(12-14)21-17-10-11-18(20-13-17)22-19(23)15-7-3-2-4-8-15/h5-6,9-13,15,21H,2-4,7-8H2,1H3,(H,20,22,23). The summed E-state index contributed by atoms with van der Waals surface area (Å²) in [6.07, 6.45) is 7.31. The fraction of sp³-hybridized carbons (Fsp3) is 0.368. The van der Waals surface area contributed by atoms with Gasteiger partial charge in [0.15, 0.2) is 0 Å². The van der Waals surface area contributed by atoms with Crippen molar-refractivity contribution in [2.45, 2.75) is 39.0 Å². The first-order valence-electron chi connectivity index (χ1n) is 8.31. The lowest BCUT2D eigenvalue weighted by Gasteiger charge is -2.20. The predicted molar refractivity (Wildman–Crippen MR) is 93.9 cm³/mol. The first-order chi connectivity index (χ1) is 11.2. The molecule has 0 atom stereocenters. The number of aromatic nitrogens is 1. The van der Waals surface area contributed by atoms with E-state index in [1.165, 1.54) is 12.0 Å². The highest BCUT2D eigenvalue weighted by molar-refractivity contribution is 5.91. The molecule has 1 aromatic heterocycles. The van der Waals surface area contributed by atoms with Crippen LogP contribution in [-0.4, -0.2) is 10.9 Å². The summed E-state index contributed by atoms with van der Waals surface area (Å²) in [5.74, 6) is 0.877. The van der Waals surface area contributed by atoms with Gasteiger partial charge in [0.1, 0.15) is 5.82 Å². The van der Waals surface area contributed by atoms with Gasteiger partial charge >= 0.3 is 0 Å². The van der Waals surface area contributed by atoms with Gasteiger partial charge < -0.3 is 10.6 Å². The number of rotatable bonds is 4. The molecule has 1 aromatic carbocycles. The van der Waals surface area contributed by atoms with E-state index in [1.54, 1.807) is 6.20 Å². The van der Waals surface area contributed by atoms with Crippen molar-refractivity contribution in [3.05, 3.63) is 48.2 Å². The molecule has 0 radical (unpaired) electrons. The molecule has 1 fully saturated rings. The normalized spacial score (nSPS) is 15.2. The maximum absolute atomic E-state index is 12.2. The minimum Gasteiger partial charge on any atom is -0.354 e. The van der Waals surface area contributed by atoms with E-state index in [0.29, 0.717) is 5.82 Å². The molecule has 2 aromatic rings. The van der Waals surface area contributed by atoms with Crippen LogP contribution in [0.15, 0.2) is 42.6 Å². The molecule has 23 heavy (non-hydrogen) atoms. The molecule has 0 bridgehead atoms. The Kier molecular flexibility index (Phi) is 4.91. The topological polar surface area (TPSA) is 54.0 Å². The van der Waals surface area contributed by atoms with E-state index in [4.69, 9.17) is 0 Å². The highest BCUT2D eigenvalue weighted by Crippen LogP contribution is 2.25. The largest absolute Gasteiger partial charge is 0.354 e. The van der Waals surface area contributed by atoms with Crippen LogP contribution in [0.2, 0.25) is 0 Å². The molecule has 1 aliphatic rings. The average Bonchev–Trinajstić information content (AvgIpc) is 2.57. The third kappa shape index (κ3) is 4.31. The molecule has 0 saturated heterocycles. The molecule has 1 saturated carbocycles. The predicted octanol–water partition coefficient (Wildman–Crippen LogP) is 4.65. The lowest BCUT2D eigenvalue weighted by molar-refractivity contribution is -0.120. The van der Waals surface area contributed by atoms with Crippen LogP contribution in [0.4, 0.5) is 17.2 Å². The van der Waals surface area contributed by atoms with Gasteiger partial charge in [0.25, 0.3) is 0 Å². The number of nitrogens with one attached hydrogen (secondary N) is 2. The van der Waals surface area contributed by atoms with Crippen LogP contribution in [0.5, 0.6) is 0 Å². The molecule has 1 aliphatic carbocycles. The highest BCUT2D eigenvalue weighted by Gasteiger charge is 2.21. The summed E-state index contributed by atoms with van der Waals surface area (Å²) >= 11 is 0. The highest BCUT2D eigenvalue weighted by atomic mass is 16.1. The van der Waals surface area contributed by atoms with Crippen molar-refractivity contribution < 1.29 is 4.79 Å². The van der Waals surface area contributed by atoms with Crippen molar-refractivity contribution in [2.75, 3.05) is 10.6 Å². The van der Waals surface area contributed by atoms with Gasteiger partial charge in [-0.15, -0.1) is 0 Å². The summed E-state index contributed by atoms with van der Waals surface area (Å²) < 4.78 is 0. The first-order valence-corrected chi connectivity index (χ1v) is 8.31. The Morgan fingerprint density at radius 2 is 1.91 bits per heavy atom. The van der Waals surface area contributed by atoms with Gasteiger partial charge in [0.05, 0.1) is 11.9 Å². The smallest absolute Gasteiger partial charge is 0.228 e. The molecule has 0 unspecified atom stereocenters. The van der Waals surface area contributed by atoms with Crippen molar-refractivity contribution in [2.24, 2.45) is 5.92 Å². The van der Waals surface area contributed by atoms with E-state index in [9.17, 15) is 4.79 Å². The number of anilines is 3. The molecule has 4 nitrogen and oxygen atoms in total. The van der Waals surface area contributed by atoms with Gasteiger partial charge in [-0.05, 0) is 49.6 Å². The third-order valence-corrected chi connectivity index (χ3v) is 4.30. The van der Waals surface area contributed by atoms with Gasteiger partial charge in [-0.1, -0.05) is 31.4 Å². The van der Waals surface area contributed by atoms with E-state index in [0.717, 1.165) is 37.1 Å². The lowest BCUT2D eigenvalue weighted by atomic mass is 9.89. The molecule has 3 rings (SSSR count). The summed E-state index contributed by atoms with van der Waals surface area (Å²) in [4.78, 5) is 16.6. The molecule has 2 N–H and O–H groups in total. The van der Waals surface area contributed by atoms with Gasteiger partial charge in [-0.3, -0.25) is 4.79 Å². The van der Waals surface area contributed by atoms with Crippen LogP contribution in [0.25, 0.3) is 0 Å². The number of benzene rings is 1. The van der Waals surface area contributed by atoms with Gasteiger partial charge in [-0.25, -0.2) is 4.98 Å². The maximum atomic E-state index is 12.2. The lowest BCUT2D eigenvalue weighted by Crippen LogP contribution is -2.25. The van der Waals surface area contributed by atoms with Crippen molar-refractivity contribution in [1.29, 1.82) is 0 Å². The van der Waals surface area contributed by atoms with Gasteiger partial charge in [-0.2, -0.15) is 0 Å². The van der Waals surface area contributed by atoms with E-state index in [-0.39, 0.29) is 11.8 Å². The number of hydrogen-bond acceptors (Lipinski definition) is 3. The molecule has 1 amide bonds. The number of hydrogen-bond donors (Lipinski definition) is 2. The minimum absolute atomic E-state index is 0.108. The number of nitrogens with zero attached hydrogens (tertiary/aromatic N) is 1. The number of amides is 1. The molecular weight excluding hydrogens is 286 g/mol. The zero-order valence-corrected chi connectivity index (χ0v) is 13.5. The average molecular weight is 309 g/mol. The minimum atomic E-state index is 0.108. The second kappa shape index (κ2) is 7.27. The summed E-state index contributed by atoms with van der Waals surface area (Å²) in [5.41, 5.74) is 3.15. The fourth-order valence-electron chi connectivity index (χ4n) is 3.02. The van der Waals surface area contributed by atoms with Crippen LogP contribution < -0.4 is 10.6 Å². The molecule has 120 valence electrons. The quantitative estimate of drug-likeness (QED) is 0.864. The summed E-state index contributed by atoms with van der Waals surface area (Å²) in [7, 11) is 0. The van der Waals surface area contributed by atoms with Crippen LogP contribution in [0.3, 0.4) is 0 Å². The SMILES string of the molecule is Cc1cccc(Nc2ccc(NC(=O)C3CCCCC3)nc2)c1. The Bertz CT molecular complexity index is 661. The maximum Gasteiger partial charge on any atom is 0.228 e. The van der Waals surface area contributed by atoms with Crippen molar-refractivity contribution in [3.8, 4) is 0 Å². The van der Waals surface area contributed by atoms with E-state index in [1.807, 2.05) is 24.3 Å². The van der Waals surface area contributed by atoms with E-state index in [2.05, 4.69) is 34.7 Å². The number of carbonyl (C=O) groups excluding carboxylic acids is 1. The Hall–Kier alpha value is -2.36. The van der Waals surface area contributed by atoms with Gasteiger partial charge in [0.2, 0.25) is 5.91 Å². The van der Waals surface area contributed by atoms with Crippen molar-refractivity contribution >= 4 is 23.1 Å². The molecule has 0 aliphatic heterocycles. The summed E-state index contributed by atoms with van der Waals surface area (Å²) in [5, 5.41) is 6.25. The molecule has 1 heterocycles. The second-order valence-corrected chi connectivity index (χ2v) is 6.25. The zero-order chi connectivity index (χ0) is 16.1. The number of aryl methyl sites for hydroxylation is 1. The Balaban J connectivity index is 1.59. The summed E-state index contributed by atoms with van der Waals surface area (Å²) in [6, 6.07) is 12.0. The van der Waals surface area contributed by atoms with Gasteiger partial charge in [0, 0.05) is 11.6 Å². The van der Waals surface area contributed by atoms with Crippen molar-refractivity contribution in [1.82, 2.24) is 4.98 Å². The Labute approximate surface area is 137 Å². The molecule has 4 heteroatoms. The second-order valence-electron chi connectivity index (χ2n) is 6.25. The molecule has 0 spiro atoms. The monoisotopic (exact) mass is 309 g/mol.